The van der Waals surface area contributed by atoms with Crippen LogP contribution in [0.5, 0.6) is 0 Å². The predicted molar refractivity (Wildman–Crippen MR) is 203 cm³/mol. The smallest absolute Gasteiger partial charge is 0.367 e. The van der Waals surface area contributed by atoms with Crippen molar-refractivity contribution < 1.29 is 113 Å². The zero-order valence-corrected chi connectivity index (χ0v) is 34.7. The average Bonchev–Trinajstić information content (AvgIpc) is 3.79. The predicted octanol–water partition coefficient (Wildman–Crippen LogP) is -3.11. The topological polar surface area (TPSA) is 343 Å². The number of carbonyl (C=O) groups is 4. The van der Waals surface area contributed by atoms with Crippen LogP contribution in [0, 0.1) is 23.7 Å². The first kappa shape index (κ1) is 48.1. The van der Waals surface area contributed by atoms with Gasteiger partial charge in [-0.1, -0.05) is 12.2 Å². The van der Waals surface area contributed by atoms with E-state index in [1.807, 2.05) is 0 Å². The highest BCUT2D eigenvalue weighted by atomic mass is 32.2. The Bertz CT molecular complexity index is 1790. The van der Waals surface area contributed by atoms with E-state index in [4.69, 9.17) is 47.4 Å². The summed E-state index contributed by atoms with van der Waals surface area (Å²) in [6.45, 7) is -2.32. The highest BCUT2D eigenvalue weighted by Gasteiger charge is 2.55. The van der Waals surface area contributed by atoms with Gasteiger partial charge in [-0.3, -0.25) is 0 Å². The number of thioether (sulfide) groups is 2. The standard InChI is InChI=1S/C37H48O23S2/c1-51-30(47)14-9-53-32(20-12(4-16(39)22(14)20)7-55-36(49)61-2)60-35-29(46)27(44)25(42)19(58-35)11-52-31(48)15-10-54-33(59-34-28(45)26(43)24(41)18(6-38)57-34)21-13(5-17(40)23(15)21)8-56-37(50)62-3/h4-5,9-10,16-29,32-35,38-46H,6-8,11H2,1-3H3/t16-,17-,18-,19-,20+,21+,22-,23-,24-,25-,26-,27-,28-,29-,32-,33-,34-,35-/m0/s1. The van der Waals surface area contributed by atoms with Crippen molar-refractivity contribution in [2.75, 3.05) is 46.0 Å². The van der Waals surface area contributed by atoms with Crippen molar-refractivity contribution in [3.8, 4) is 0 Å². The van der Waals surface area contributed by atoms with E-state index in [1.54, 1.807) is 0 Å². The molecular formula is C37H48O23S2. The van der Waals surface area contributed by atoms with E-state index < -0.39 is 152 Å². The van der Waals surface area contributed by atoms with E-state index in [2.05, 4.69) is 0 Å². The lowest BCUT2D eigenvalue weighted by Gasteiger charge is -2.43. The molecule has 25 heteroatoms. The molecule has 0 radical (unpaired) electrons. The minimum atomic E-state index is -1.96. The molecule has 4 heterocycles. The first-order chi connectivity index (χ1) is 29.5. The summed E-state index contributed by atoms with van der Waals surface area (Å²) in [5.74, 6) is -6.41. The Hall–Kier alpha value is -3.38. The summed E-state index contributed by atoms with van der Waals surface area (Å²) in [4.78, 5) is 50.3. The molecule has 0 aromatic heterocycles. The Kier molecular flexibility index (Phi) is 16.0. The molecule has 6 rings (SSSR count). The molecule has 0 saturated carbocycles. The number of aliphatic hydroxyl groups is 9. The van der Waals surface area contributed by atoms with Gasteiger partial charge in [0.15, 0.2) is 12.6 Å². The van der Waals surface area contributed by atoms with Crippen molar-refractivity contribution >= 4 is 46.1 Å². The van der Waals surface area contributed by atoms with Gasteiger partial charge in [0, 0.05) is 11.8 Å². The van der Waals surface area contributed by atoms with E-state index in [0.717, 1.165) is 43.2 Å². The molecular weight excluding hydrogens is 877 g/mol. The molecule has 0 amide bonds. The third kappa shape index (κ3) is 9.81. The third-order valence-corrected chi connectivity index (χ3v) is 12.1. The molecule has 2 saturated heterocycles. The first-order valence-electron chi connectivity index (χ1n) is 19.0. The maximum absolute atomic E-state index is 13.7. The number of fused-ring (bicyclic) bond motifs is 2. The number of methoxy groups -OCH3 is 1. The minimum Gasteiger partial charge on any atom is -0.471 e. The largest absolute Gasteiger partial charge is 0.471 e. The van der Waals surface area contributed by atoms with Crippen LogP contribution < -0.4 is 0 Å². The van der Waals surface area contributed by atoms with Crippen LogP contribution in [-0.4, -0.2) is 201 Å². The highest BCUT2D eigenvalue weighted by molar-refractivity contribution is 8.12. The second-order valence-electron chi connectivity index (χ2n) is 14.8. The molecule has 62 heavy (non-hydrogen) atoms. The van der Waals surface area contributed by atoms with Gasteiger partial charge in [-0.2, -0.15) is 0 Å². The van der Waals surface area contributed by atoms with Gasteiger partial charge in [0.25, 0.3) is 0 Å². The van der Waals surface area contributed by atoms with Crippen LogP contribution in [0.3, 0.4) is 0 Å². The number of aliphatic hydroxyl groups excluding tert-OH is 9. The summed E-state index contributed by atoms with van der Waals surface area (Å²) in [5, 5.41) is 94.3. The lowest BCUT2D eigenvalue weighted by atomic mass is 9.82. The van der Waals surface area contributed by atoms with E-state index in [-0.39, 0.29) is 28.9 Å². The molecule has 4 aliphatic heterocycles. The fourth-order valence-corrected chi connectivity index (χ4v) is 8.42. The lowest BCUT2D eigenvalue weighted by molar-refractivity contribution is -0.341. The maximum Gasteiger partial charge on any atom is 0.367 e. The number of esters is 2. The van der Waals surface area contributed by atoms with Gasteiger partial charge < -0.3 is 93.3 Å². The summed E-state index contributed by atoms with van der Waals surface area (Å²) < 4.78 is 55.2. The van der Waals surface area contributed by atoms with E-state index in [9.17, 15) is 65.1 Å². The number of rotatable bonds is 13. The lowest BCUT2D eigenvalue weighted by Crippen LogP contribution is -2.60. The van der Waals surface area contributed by atoms with Gasteiger partial charge in [0.2, 0.25) is 12.6 Å². The minimum absolute atomic E-state index is 0.0802. The molecule has 0 aromatic carbocycles. The van der Waals surface area contributed by atoms with Gasteiger partial charge >= 0.3 is 22.5 Å². The van der Waals surface area contributed by atoms with Crippen LogP contribution in [0.1, 0.15) is 0 Å². The summed E-state index contributed by atoms with van der Waals surface area (Å²) in [6.07, 6.45) is -15.9. The molecule has 0 bridgehead atoms. The number of carbonyl (C=O) groups excluding carboxylic acids is 4. The van der Waals surface area contributed by atoms with E-state index in [0.29, 0.717) is 0 Å². The Morgan fingerprint density at radius 1 is 0.581 bits per heavy atom. The molecule has 346 valence electrons. The fraction of sp³-hybridized carbons (Fsp3) is 0.676. The van der Waals surface area contributed by atoms with Crippen molar-refractivity contribution in [3.63, 3.8) is 0 Å². The summed E-state index contributed by atoms with van der Waals surface area (Å²) in [7, 11) is 1.12. The van der Waals surface area contributed by atoms with E-state index in [1.165, 1.54) is 24.7 Å². The highest BCUT2D eigenvalue weighted by Crippen LogP contribution is 2.47. The maximum atomic E-state index is 13.7. The van der Waals surface area contributed by atoms with Gasteiger partial charge in [-0.05, 0) is 47.2 Å². The van der Waals surface area contributed by atoms with Crippen molar-refractivity contribution in [1.82, 2.24) is 0 Å². The second kappa shape index (κ2) is 20.6. The third-order valence-electron chi connectivity index (χ3n) is 11.2. The van der Waals surface area contributed by atoms with Crippen molar-refractivity contribution in [2.24, 2.45) is 23.7 Å². The Balaban J connectivity index is 1.17. The van der Waals surface area contributed by atoms with Gasteiger partial charge in [0.1, 0.15) is 68.7 Å². The van der Waals surface area contributed by atoms with Crippen molar-refractivity contribution in [3.05, 3.63) is 47.0 Å². The molecule has 0 unspecified atom stereocenters. The first-order valence-corrected chi connectivity index (χ1v) is 21.5. The Labute approximate surface area is 360 Å². The summed E-state index contributed by atoms with van der Waals surface area (Å²) in [5.41, 5.74) is 0.103. The Morgan fingerprint density at radius 2 is 1.02 bits per heavy atom. The van der Waals surface area contributed by atoms with Crippen LogP contribution in [0.25, 0.3) is 0 Å². The van der Waals surface area contributed by atoms with Gasteiger partial charge in [-0.25, -0.2) is 19.2 Å². The molecule has 2 aliphatic carbocycles. The number of hydrogen-bond donors (Lipinski definition) is 9. The SMILES string of the molecule is COC(=O)C1=CO[C@@H](O[C@@H]2O[C@@H](COC(=O)C3=CO[C@@H](O[C@@H]4O[C@@H](CO)[C@H](O)[C@H](O)[C@@H]4O)[C@@H]4C(COC(=O)SC)=C[C@H](O)[C@H]34)[C@H](O)[C@H](O)[C@@H]2O)[C@@H]2C(COC(=O)SC)=C[C@H](O)[C@H]12. The van der Waals surface area contributed by atoms with Crippen LogP contribution in [-0.2, 0) is 57.0 Å². The molecule has 2 fully saturated rings. The molecule has 0 spiro atoms. The molecule has 6 aliphatic rings. The van der Waals surface area contributed by atoms with Gasteiger partial charge in [0.05, 0.1) is 61.4 Å². The number of ether oxygens (including phenoxy) is 10. The van der Waals surface area contributed by atoms with Crippen molar-refractivity contribution in [2.45, 2.75) is 86.2 Å². The monoisotopic (exact) mass is 924 g/mol. The second-order valence-corrected chi connectivity index (χ2v) is 16.3. The molecule has 0 aromatic rings. The number of hydrogen-bond acceptors (Lipinski definition) is 25. The summed E-state index contributed by atoms with van der Waals surface area (Å²) >= 11 is 1.55. The normalized spacial score (nSPS) is 39.9. The van der Waals surface area contributed by atoms with Crippen LogP contribution in [0.15, 0.2) is 47.0 Å². The Morgan fingerprint density at radius 3 is 1.45 bits per heavy atom. The average molecular weight is 925 g/mol. The van der Waals surface area contributed by atoms with Crippen LogP contribution >= 0.6 is 23.5 Å². The van der Waals surface area contributed by atoms with Gasteiger partial charge in [-0.15, -0.1) is 0 Å². The zero-order valence-electron chi connectivity index (χ0n) is 33.1. The molecule has 23 nitrogen and oxygen atoms in total. The molecule has 18 atom stereocenters. The van der Waals surface area contributed by atoms with Crippen LogP contribution in [0.4, 0.5) is 9.59 Å². The zero-order chi connectivity index (χ0) is 45.2. The van der Waals surface area contributed by atoms with Crippen LogP contribution in [0.2, 0.25) is 0 Å². The fourth-order valence-electron chi connectivity index (χ4n) is 8.07. The quantitative estimate of drug-likeness (QED) is 0.0501. The van der Waals surface area contributed by atoms with Crippen molar-refractivity contribution in [1.29, 1.82) is 0 Å². The summed E-state index contributed by atoms with van der Waals surface area (Å²) in [6, 6.07) is 0. The van der Waals surface area contributed by atoms with E-state index >= 15 is 0 Å². The molecule has 9 N–H and O–H groups in total.